The van der Waals surface area contributed by atoms with Gasteiger partial charge >= 0.3 is 0 Å². The van der Waals surface area contributed by atoms with Crippen molar-refractivity contribution in [2.45, 2.75) is 18.4 Å². The van der Waals surface area contributed by atoms with Crippen molar-refractivity contribution in [1.29, 1.82) is 0 Å². The van der Waals surface area contributed by atoms with Crippen LogP contribution in [0.25, 0.3) is 0 Å². The first-order chi connectivity index (χ1) is 9.32. The molecule has 1 aliphatic rings. The average molecular weight is 262 g/mol. The lowest BCUT2D eigenvalue weighted by Gasteiger charge is -2.26. The van der Waals surface area contributed by atoms with Gasteiger partial charge in [-0.15, -0.1) is 0 Å². The summed E-state index contributed by atoms with van der Waals surface area (Å²) in [6, 6.07) is 5.52. The van der Waals surface area contributed by atoms with Crippen molar-refractivity contribution >= 4 is 0 Å². The minimum atomic E-state index is -1.03. The zero-order valence-corrected chi connectivity index (χ0v) is 10.2. The fraction of sp³-hybridized carbons (Fsp3) is 0.417. The normalized spacial score (nSPS) is 26.7. The van der Waals surface area contributed by atoms with Crippen LogP contribution in [0.4, 0.5) is 0 Å². The highest BCUT2D eigenvalue weighted by Gasteiger charge is 2.45. The van der Waals surface area contributed by atoms with Crippen LogP contribution in [0.3, 0.4) is 0 Å². The molecule has 19 heavy (non-hydrogen) atoms. The Bertz CT molecular complexity index is 519. The second-order valence-corrected chi connectivity index (χ2v) is 4.29. The fourth-order valence-electron chi connectivity index (χ4n) is 2.07. The lowest BCUT2D eigenvalue weighted by Crippen LogP contribution is -2.35. The van der Waals surface area contributed by atoms with Crippen LogP contribution in [0.5, 0.6) is 0 Å². The highest BCUT2D eigenvalue weighted by Crippen LogP contribution is 2.34. The van der Waals surface area contributed by atoms with Crippen LogP contribution < -0.4 is 0 Å². The van der Waals surface area contributed by atoms with Crippen molar-refractivity contribution < 1.29 is 14.6 Å². The number of aliphatic hydroxyl groups is 1. The zero-order valence-electron chi connectivity index (χ0n) is 10.2. The summed E-state index contributed by atoms with van der Waals surface area (Å²) in [6.45, 7) is 0.564. The van der Waals surface area contributed by atoms with Crippen LogP contribution in [0.2, 0.25) is 0 Å². The molecular weight excluding hydrogens is 248 g/mol. The molecule has 1 aliphatic heterocycles. The van der Waals surface area contributed by atoms with Crippen molar-refractivity contribution in [3.63, 3.8) is 0 Å². The van der Waals surface area contributed by atoms with E-state index in [1.54, 1.807) is 17.2 Å². The Hall–Kier alpha value is -1.83. The van der Waals surface area contributed by atoms with Crippen LogP contribution in [0.1, 0.15) is 5.69 Å². The number of hydrogen-bond acceptors (Lipinski definition) is 6. The summed E-state index contributed by atoms with van der Waals surface area (Å²) in [5, 5.41) is 13.3. The molecule has 2 atom stereocenters. The van der Waals surface area contributed by atoms with Crippen LogP contribution in [-0.4, -0.2) is 44.2 Å². The molecule has 1 fully saturated rings. The van der Waals surface area contributed by atoms with E-state index in [2.05, 4.69) is 15.1 Å². The summed E-state index contributed by atoms with van der Waals surface area (Å²) in [6.07, 6.45) is 4.36. The van der Waals surface area contributed by atoms with Crippen molar-refractivity contribution in [2.24, 2.45) is 0 Å². The molecule has 0 unspecified atom stereocenters. The molecule has 0 bridgehead atoms. The molecule has 7 nitrogen and oxygen atoms in total. The van der Waals surface area contributed by atoms with Crippen LogP contribution in [0.15, 0.2) is 37.1 Å². The van der Waals surface area contributed by atoms with E-state index in [1.807, 2.05) is 18.2 Å². The van der Waals surface area contributed by atoms with Gasteiger partial charge in [-0.3, -0.25) is 4.98 Å². The minimum Gasteiger partial charge on any atom is -0.394 e. The zero-order chi connectivity index (χ0) is 13.1. The van der Waals surface area contributed by atoms with Gasteiger partial charge in [0.2, 0.25) is 5.79 Å². The Balaban J connectivity index is 1.92. The first-order valence-electron chi connectivity index (χ1n) is 5.99. The summed E-state index contributed by atoms with van der Waals surface area (Å²) >= 11 is 0. The summed E-state index contributed by atoms with van der Waals surface area (Å²) in [5.41, 5.74) is 0.654. The van der Waals surface area contributed by atoms with Crippen molar-refractivity contribution in [1.82, 2.24) is 19.7 Å². The molecule has 2 aromatic heterocycles. The van der Waals surface area contributed by atoms with Gasteiger partial charge in [0, 0.05) is 6.20 Å². The molecular formula is C12H14N4O3. The molecule has 0 amide bonds. The number of aliphatic hydroxyl groups excluding tert-OH is 1. The Morgan fingerprint density at radius 3 is 3.05 bits per heavy atom. The number of pyridine rings is 1. The second kappa shape index (κ2) is 5.04. The minimum absolute atomic E-state index is 0.0913. The largest absolute Gasteiger partial charge is 0.394 e. The number of rotatable bonds is 4. The quantitative estimate of drug-likeness (QED) is 0.830. The smallest absolute Gasteiger partial charge is 0.233 e. The van der Waals surface area contributed by atoms with Gasteiger partial charge in [-0.2, -0.15) is 5.10 Å². The van der Waals surface area contributed by atoms with E-state index in [0.717, 1.165) is 0 Å². The van der Waals surface area contributed by atoms with E-state index < -0.39 is 5.79 Å². The van der Waals surface area contributed by atoms with Gasteiger partial charge < -0.3 is 14.6 Å². The molecule has 0 aliphatic carbocycles. The number of aromatic nitrogens is 4. The van der Waals surface area contributed by atoms with Gasteiger partial charge in [0.25, 0.3) is 0 Å². The van der Waals surface area contributed by atoms with E-state index in [-0.39, 0.29) is 12.7 Å². The Kier molecular flexibility index (Phi) is 3.24. The molecule has 7 heteroatoms. The summed E-state index contributed by atoms with van der Waals surface area (Å²) in [7, 11) is 0. The molecule has 3 rings (SSSR count). The third kappa shape index (κ3) is 2.35. The van der Waals surface area contributed by atoms with Crippen molar-refractivity contribution in [2.75, 3.05) is 13.2 Å². The molecule has 1 saturated heterocycles. The molecule has 2 aromatic rings. The molecule has 0 saturated carbocycles. The lowest BCUT2D eigenvalue weighted by molar-refractivity contribution is -0.194. The molecule has 0 aromatic carbocycles. The van der Waals surface area contributed by atoms with Crippen molar-refractivity contribution in [3.8, 4) is 0 Å². The lowest BCUT2D eigenvalue weighted by atomic mass is 10.1. The molecule has 0 radical (unpaired) electrons. The van der Waals surface area contributed by atoms with E-state index in [9.17, 15) is 5.11 Å². The average Bonchev–Trinajstić information content (AvgIpc) is 3.10. The SMILES string of the molecule is OC[C@@H]1CO[C@](Cn2cncn2)(c2ccccn2)O1. The van der Waals surface area contributed by atoms with Crippen LogP contribution >= 0.6 is 0 Å². The Labute approximate surface area is 109 Å². The van der Waals surface area contributed by atoms with Crippen LogP contribution in [-0.2, 0) is 21.8 Å². The number of nitrogens with zero attached hydrogens (tertiary/aromatic N) is 4. The molecule has 100 valence electrons. The monoisotopic (exact) mass is 262 g/mol. The van der Waals surface area contributed by atoms with Gasteiger partial charge in [0.15, 0.2) is 0 Å². The topological polar surface area (TPSA) is 82.3 Å². The third-order valence-corrected chi connectivity index (χ3v) is 2.95. The molecule has 0 spiro atoms. The first kappa shape index (κ1) is 12.2. The maximum Gasteiger partial charge on any atom is 0.233 e. The molecule has 3 heterocycles. The molecule has 1 N–H and O–H groups in total. The maximum absolute atomic E-state index is 9.21. The second-order valence-electron chi connectivity index (χ2n) is 4.29. The van der Waals surface area contributed by atoms with E-state index in [0.29, 0.717) is 18.8 Å². The van der Waals surface area contributed by atoms with Gasteiger partial charge in [0.05, 0.1) is 13.2 Å². The summed E-state index contributed by atoms with van der Waals surface area (Å²) in [4.78, 5) is 8.19. The predicted molar refractivity (Wildman–Crippen MR) is 63.8 cm³/mol. The first-order valence-corrected chi connectivity index (χ1v) is 5.99. The summed E-state index contributed by atoms with van der Waals surface area (Å²) < 4.78 is 13.2. The Morgan fingerprint density at radius 2 is 2.42 bits per heavy atom. The van der Waals surface area contributed by atoms with Gasteiger partial charge in [0.1, 0.15) is 31.0 Å². The number of ether oxygens (including phenoxy) is 2. The maximum atomic E-state index is 9.21. The van der Waals surface area contributed by atoms with E-state index in [1.165, 1.54) is 6.33 Å². The van der Waals surface area contributed by atoms with Crippen LogP contribution in [0, 0.1) is 0 Å². The fourth-order valence-corrected chi connectivity index (χ4v) is 2.07. The van der Waals surface area contributed by atoms with E-state index in [4.69, 9.17) is 9.47 Å². The standard InChI is InChI=1S/C12H14N4O3/c17-5-10-6-18-12(19-10,7-16-9-13-8-15-16)11-3-1-2-4-14-11/h1-4,8-10,17H,5-7H2/t10-,12+/m1/s1. The van der Waals surface area contributed by atoms with Gasteiger partial charge in [-0.25, -0.2) is 9.67 Å². The highest BCUT2D eigenvalue weighted by atomic mass is 16.7. The highest BCUT2D eigenvalue weighted by molar-refractivity contribution is 5.11. The van der Waals surface area contributed by atoms with Gasteiger partial charge in [-0.1, -0.05) is 6.07 Å². The van der Waals surface area contributed by atoms with Gasteiger partial charge in [-0.05, 0) is 12.1 Å². The number of hydrogen-bond donors (Lipinski definition) is 1. The Morgan fingerprint density at radius 1 is 1.47 bits per heavy atom. The van der Waals surface area contributed by atoms with Crippen molar-refractivity contribution in [3.05, 3.63) is 42.7 Å². The predicted octanol–water partition coefficient (Wildman–Crippen LogP) is -0.0662. The summed E-state index contributed by atoms with van der Waals surface area (Å²) in [5.74, 6) is -1.03. The third-order valence-electron chi connectivity index (χ3n) is 2.95. The van der Waals surface area contributed by atoms with E-state index >= 15 is 0 Å².